The highest BCUT2D eigenvalue weighted by Gasteiger charge is 2.26. The summed E-state index contributed by atoms with van der Waals surface area (Å²) in [5.41, 5.74) is 0. The van der Waals surface area contributed by atoms with Crippen molar-refractivity contribution in [3.8, 4) is 0 Å². The summed E-state index contributed by atoms with van der Waals surface area (Å²) in [7, 11) is 0. The molecule has 0 bridgehead atoms. The monoisotopic (exact) mass is 301 g/mol. The Bertz CT molecular complexity index is 271. The Kier molecular flexibility index (Phi) is 6.92. The molecule has 19 heavy (non-hydrogen) atoms. The molecule has 0 aromatic heterocycles. The van der Waals surface area contributed by atoms with Crippen molar-refractivity contribution in [3.63, 3.8) is 0 Å². The van der Waals surface area contributed by atoms with Crippen molar-refractivity contribution in [1.82, 2.24) is 5.32 Å². The van der Waals surface area contributed by atoms with Crippen LogP contribution in [0, 0.1) is 5.92 Å². The van der Waals surface area contributed by atoms with E-state index >= 15 is 0 Å². The largest absolute Gasteiger partial charge is 0.352 e. The smallest absolute Gasteiger partial charge is 0.234 e. The summed E-state index contributed by atoms with van der Waals surface area (Å²) in [6.45, 7) is 2.27. The van der Waals surface area contributed by atoms with Gasteiger partial charge in [0.2, 0.25) is 5.91 Å². The van der Waals surface area contributed by atoms with Crippen molar-refractivity contribution >= 4 is 29.4 Å². The number of amides is 1. The maximum Gasteiger partial charge on any atom is 0.234 e. The molecular formula is C15H27NOS2. The van der Waals surface area contributed by atoms with Crippen molar-refractivity contribution in [1.29, 1.82) is 0 Å². The molecule has 0 radical (unpaired) electrons. The Morgan fingerprint density at radius 1 is 1.21 bits per heavy atom. The minimum atomic E-state index is 0.205. The highest BCUT2D eigenvalue weighted by molar-refractivity contribution is 8.07. The molecule has 2 nitrogen and oxygen atoms in total. The zero-order valence-electron chi connectivity index (χ0n) is 12.0. The summed E-state index contributed by atoms with van der Waals surface area (Å²) in [5.74, 6) is 4.56. The summed E-state index contributed by atoms with van der Waals surface area (Å²) in [4.78, 5) is 12.2. The van der Waals surface area contributed by atoms with Gasteiger partial charge in [-0.3, -0.25) is 4.79 Å². The molecule has 2 aliphatic rings. The van der Waals surface area contributed by atoms with Crippen molar-refractivity contribution in [2.45, 2.75) is 63.2 Å². The first-order chi connectivity index (χ1) is 9.29. The molecule has 1 heterocycles. The summed E-state index contributed by atoms with van der Waals surface area (Å²) in [6.07, 6.45) is 9.11. The molecule has 0 aromatic carbocycles. The summed E-state index contributed by atoms with van der Waals surface area (Å²) < 4.78 is 0. The minimum Gasteiger partial charge on any atom is -0.352 e. The Hall–Kier alpha value is 0.170. The third-order valence-electron chi connectivity index (χ3n) is 4.27. The lowest BCUT2D eigenvalue weighted by Crippen LogP contribution is -2.43. The lowest BCUT2D eigenvalue weighted by atomic mass is 9.83. The average molecular weight is 302 g/mol. The van der Waals surface area contributed by atoms with Gasteiger partial charge in [0.05, 0.1) is 5.25 Å². The predicted octanol–water partition coefficient (Wildman–Crippen LogP) is 3.70. The van der Waals surface area contributed by atoms with E-state index in [1.54, 1.807) is 0 Å². The molecule has 1 aliphatic carbocycles. The van der Waals surface area contributed by atoms with Crippen LogP contribution < -0.4 is 5.32 Å². The molecule has 1 N–H and O–H groups in total. The van der Waals surface area contributed by atoms with E-state index in [1.165, 1.54) is 50.7 Å². The Labute approximate surface area is 126 Å². The van der Waals surface area contributed by atoms with Gasteiger partial charge in [0.25, 0.3) is 0 Å². The van der Waals surface area contributed by atoms with Crippen molar-refractivity contribution < 1.29 is 4.79 Å². The van der Waals surface area contributed by atoms with Gasteiger partial charge in [-0.15, -0.1) is 11.8 Å². The quantitative estimate of drug-likeness (QED) is 0.839. The van der Waals surface area contributed by atoms with Gasteiger partial charge in [-0.1, -0.05) is 26.2 Å². The minimum absolute atomic E-state index is 0.205. The van der Waals surface area contributed by atoms with E-state index < -0.39 is 0 Å². The Morgan fingerprint density at radius 3 is 2.63 bits per heavy atom. The lowest BCUT2D eigenvalue weighted by molar-refractivity contribution is -0.121. The van der Waals surface area contributed by atoms with E-state index in [0.717, 1.165) is 17.4 Å². The maximum atomic E-state index is 12.2. The van der Waals surface area contributed by atoms with Crippen LogP contribution in [0.3, 0.4) is 0 Å². The molecule has 110 valence electrons. The van der Waals surface area contributed by atoms with Crippen LogP contribution in [0.2, 0.25) is 0 Å². The van der Waals surface area contributed by atoms with E-state index in [1.807, 2.05) is 23.5 Å². The Morgan fingerprint density at radius 2 is 2.00 bits per heavy atom. The molecule has 0 spiro atoms. The van der Waals surface area contributed by atoms with Crippen LogP contribution in [0.4, 0.5) is 0 Å². The topological polar surface area (TPSA) is 29.1 Å². The van der Waals surface area contributed by atoms with Crippen LogP contribution in [-0.2, 0) is 4.79 Å². The molecule has 2 fully saturated rings. The highest BCUT2D eigenvalue weighted by Crippen LogP contribution is 2.29. The van der Waals surface area contributed by atoms with Crippen molar-refractivity contribution in [2.24, 2.45) is 5.92 Å². The number of thioether (sulfide) groups is 2. The molecule has 1 saturated carbocycles. The first-order valence-corrected chi connectivity index (χ1v) is 9.99. The third-order valence-corrected chi connectivity index (χ3v) is 7.02. The lowest BCUT2D eigenvalue weighted by Gasteiger charge is -2.30. The second kappa shape index (κ2) is 8.46. The molecule has 1 unspecified atom stereocenters. The molecule has 4 heteroatoms. The normalized spacial score (nSPS) is 31.9. The molecular weight excluding hydrogens is 274 g/mol. The number of carbonyl (C=O) groups excluding carboxylic acids is 1. The standard InChI is InChI=1S/C15H27NOS2/c1-2-3-4-12-5-7-13(8-6-12)16-15(17)14-11-18-9-10-19-14/h12-14H,2-11H2,1H3,(H,16,17). The van der Waals surface area contributed by atoms with E-state index in [4.69, 9.17) is 0 Å². The summed E-state index contributed by atoms with van der Waals surface area (Å²) in [6, 6.07) is 0.456. The second-order valence-electron chi connectivity index (χ2n) is 5.80. The van der Waals surface area contributed by atoms with Crippen LogP contribution in [0.5, 0.6) is 0 Å². The van der Waals surface area contributed by atoms with Crippen LogP contribution in [0.25, 0.3) is 0 Å². The van der Waals surface area contributed by atoms with Gasteiger partial charge in [0, 0.05) is 23.3 Å². The van der Waals surface area contributed by atoms with E-state index in [2.05, 4.69) is 12.2 Å². The fraction of sp³-hybridized carbons (Fsp3) is 0.933. The third kappa shape index (κ3) is 5.22. The first-order valence-electron chi connectivity index (χ1n) is 7.79. The molecule has 1 atom stereocenters. The molecule has 0 aromatic rings. The second-order valence-corrected chi connectivity index (χ2v) is 8.26. The SMILES string of the molecule is CCCCC1CCC(NC(=O)C2CSCCS2)CC1. The molecule has 1 saturated heterocycles. The number of unbranched alkanes of at least 4 members (excludes halogenated alkanes) is 1. The fourth-order valence-electron chi connectivity index (χ4n) is 3.02. The molecule has 1 amide bonds. The van der Waals surface area contributed by atoms with Gasteiger partial charge >= 0.3 is 0 Å². The van der Waals surface area contributed by atoms with E-state index in [-0.39, 0.29) is 5.25 Å². The Balaban J connectivity index is 1.65. The van der Waals surface area contributed by atoms with Gasteiger partial charge in [-0.05, 0) is 31.6 Å². The number of rotatable bonds is 5. The van der Waals surface area contributed by atoms with Crippen LogP contribution in [0.15, 0.2) is 0 Å². The van der Waals surface area contributed by atoms with Gasteiger partial charge in [-0.25, -0.2) is 0 Å². The number of carbonyl (C=O) groups is 1. The highest BCUT2D eigenvalue weighted by atomic mass is 32.2. The van der Waals surface area contributed by atoms with E-state index in [9.17, 15) is 4.79 Å². The zero-order chi connectivity index (χ0) is 13.5. The maximum absolute atomic E-state index is 12.2. The predicted molar refractivity (Wildman–Crippen MR) is 87.0 cm³/mol. The van der Waals surface area contributed by atoms with Crippen molar-refractivity contribution in [2.75, 3.05) is 17.3 Å². The van der Waals surface area contributed by atoms with Crippen LogP contribution >= 0.6 is 23.5 Å². The van der Waals surface area contributed by atoms with E-state index in [0.29, 0.717) is 11.9 Å². The average Bonchev–Trinajstić information content (AvgIpc) is 2.47. The zero-order valence-corrected chi connectivity index (χ0v) is 13.7. The van der Waals surface area contributed by atoms with Gasteiger partial charge < -0.3 is 5.32 Å². The number of hydrogen-bond donors (Lipinski definition) is 1. The summed E-state index contributed by atoms with van der Waals surface area (Å²) >= 11 is 3.76. The number of hydrogen-bond acceptors (Lipinski definition) is 3. The van der Waals surface area contributed by atoms with Crippen LogP contribution in [0.1, 0.15) is 51.9 Å². The first kappa shape index (κ1) is 15.6. The summed E-state index contributed by atoms with van der Waals surface area (Å²) in [5, 5.41) is 3.50. The number of nitrogens with one attached hydrogen (secondary N) is 1. The van der Waals surface area contributed by atoms with Gasteiger partial charge in [-0.2, -0.15) is 11.8 Å². The van der Waals surface area contributed by atoms with Crippen LogP contribution in [-0.4, -0.2) is 34.5 Å². The fourth-order valence-corrected chi connectivity index (χ4v) is 5.59. The van der Waals surface area contributed by atoms with Gasteiger partial charge in [0.1, 0.15) is 0 Å². The molecule has 1 aliphatic heterocycles. The van der Waals surface area contributed by atoms with Gasteiger partial charge in [0.15, 0.2) is 0 Å². The molecule has 2 rings (SSSR count). The van der Waals surface area contributed by atoms with Crippen molar-refractivity contribution in [3.05, 3.63) is 0 Å².